The molecular weight excluding hydrogens is 136 g/mol. The van der Waals surface area contributed by atoms with Crippen molar-refractivity contribution in [2.75, 3.05) is 0 Å². The van der Waals surface area contributed by atoms with Crippen LogP contribution in [0, 0.1) is 0 Å². The molecule has 0 saturated heterocycles. The number of rotatable bonds is 3. The van der Waals surface area contributed by atoms with E-state index in [0.29, 0.717) is 6.42 Å². The van der Waals surface area contributed by atoms with Crippen molar-refractivity contribution >= 4 is 5.78 Å². The number of carbonyl (C=O) groups excluding carboxylic acids is 1. The van der Waals surface area contributed by atoms with E-state index in [9.17, 15) is 4.79 Å². The van der Waals surface area contributed by atoms with Crippen molar-refractivity contribution < 1.29 is 4.79 Å². The third-order valence-corrected chi connectivity index (χ3v) is 1.40. The lowest BCUT2D eigenvalue weighted by Crippen LogP contribution is -1.93. The summed E-state index contributed by atoms with van der Waals surface area (Å²) in [4.78, 5) is 11.1. The Balaban J connectivity index is 4.00. The first kappa shape index (κ1) is 10.2. The zero-order valence-electron chi connectivity index (χ0n) is 7.77. The zero-order valence-corrected chi connectivity index (χ0v) is 7.77. The van der Waals surface area contributed by atoms with E-state index in [1.165, 1.54) is 0 Å². The molecule has 0 aliphatic heterocycles. The van der Waals surface area contributed by atoms with Crippen molar-refractivity contribution in [1.82, 2.24) is 0 Å². The molecule has 0 aromatic rings. The molecule has 0 radical (unpaired) electrons. The molecule has 0 heterocycles. The Hall–Kier alpha value is -0.850. The summed E-state index contributed by atoms with van der Waals surface area (Å²) in [5.74, 6) is 0.195. The van der Waals surface area contributed by atoms with Crippen LogP contribution in [0.1, 0.15) is 34.1 Å². The van der Waals surface area contributed by atoms with Gasteiger partial charge in [0, 0.05) is 6.42 Å². The standard InChI is InChI=1S/C10H16O/c1-5-9(4)7-10(11)6-8(2)3/h5-6H,7H2,1-4H3/b9-5+. The smallest absolute Gasteiger partial charge is 0.159 e. The molecular formula is C10H16O. The number of hydrogen-bond acceptors (Lipinski definition) is 1. The van der Waals surface area contributed by atoms with Gasteiger partial charge in [0.2, 0.25) is 0 Å². The maximum atomic E-state index is 11.1. The third-order valence-electron chi connectivity index (χ3n) is 1.40. The van der Waals surface area contributed by atoms with E-state index in [4.69, 9.17) is 0 Å². The molecule has 0 unspecified atom stereocenters. The molecule has 1 heteroatoms. The van der Waals surface area contributed by atoms with E-state index in [0.717, 1.165) is 11.1 Å². The molecule has 0 fully saturated rings. The third kappa shape index (κ3) is 5.59. The minimum absolute atomic E-state index is 0.195. The van der Waals surface area contributed by atoms with Gasteiger partial charge >= 0.3 is 0 Å². The first-order valence-corrected chi connectivity index (χ1v) is 3.85. The first-order chi connectivity index (χ1) is 5.06. The van der Waals surface area contributed by atoms with Gasteiger partial charge in [0.15, 0.2) is 5.78 Å². The van der Waals surface area contributed by atoms with E-state index in [-0.39, 0.29) is 5.78 Å². The average Bonchev–Trinajstić information content (AvgIpc) is 1.85. The summed E-state index contributed by atoms with van der Waals surface area (Å²) in [6, 6.07) is 0. The van der Waals surface area contributed by atoms with Gasteiger partial charge in [-0.05, 0) is 33.8 Å². The van der Waals surface area contributed by atoms with Crippen LogP contribution in [0.4, 0.5) is 0 Å². The predicted octanol–water partition coefficient (Wildman–Crippen LogP) is 2.88. The van der Waals surface area contributed by atoms with E-state index in [1.807, 2.05) is 33.8 Å². The molecule has 1 nitrogen and oxygen atoms in total. The summed E-state index contributed by atoms with van der Waals surface area (Å²) in [7, 11) is 0. The van der Waals surface area contributed by atoms with Crippen molar-refractivity contribution in [2.45, 2.75) is 34.1 Å². The lowest BCUT2D eigenvalue weighted by Gasteiger charge is -1.95. The Labute approximate surface area is 68.8 Å². The first-order valence-electron chi connectivity index (χ1n) is 3.85. The number of ketones is 1. The fourth-order valence-electron chi connectivity index (χ4n) is 0.750. The molecule has 11 heavy (non-hydrogen) atoms. The second-order valence-electron chi connectivity index (χ2n) is 3.00. The number of allylic oxidation sites excluding steroid dienone is 4. The highest BCUT2D eigenvalue weighted by Crippen LogP contribution is 2.02. The van der Waals surface area contributed by atoms with Gasteiger partial charge in [0.25, 0.3) is 0 Å². The Morgan fingerprint density at radius 1 is 1.27 bits per heavy atom. The highest BCUT2D eigenvalue weighted by Gasteiger charge is 1.96. The van der Waals surface area contributed by atoms with Crippen LogP contribution in [0.5, 0.6) is 0 Å². The van der Waals surface area contributed by atoms with Gasteiger partial charge in [0.1, 0.15) is 0 Å². The predicted molar refractivity (Wildman–Crippen MR) is 48.5 cm³/mol. The highest BCUT2D eigenvalue weighted by atomic mass is 16.1. The molecule has 0 amide bonds. The SMILES string of the molecule is C/C=C(\C)CC(=O)C=C(C)C. The molecule has 0 aliphatic rings. The Kier molecular flexibility index (Phi) is 4.51. The van der Waals surface area contributed by atoms with Crippen LogP contribution in [-0.4, -0.2) is 5.78 Å². The van der Waals surface area contributed by atoms with Gasteiger partial charge < -0.3 is 0 Å². The van der Waals surface area contributed by atoms with Crippen molar-refractivity contribution in [3.05, 3.63) is 23.3 Å². The average molecular weight is 152 g/mol. The Morgan fingerprint density at radius 3 is 2.18 bits per heavy atom. The van der Waals surface area contributed by atoms with Crippen LogP contribution in [0.3, 0.4) is 0 Å². The van der Waals surface area contributed by atoms with Crippen LogP contribution in [0.2, 0.25) is 0 Å². The molecule has 0 atom stereocenters. The molecule has 0 spiro atoms. The Morgan fingerprint density at radius 2 is 1.82 bits per heavy atom. The van der Waals surface area contributed by atoms with Gasteiger partial charge in [-0.15, -0.1) is 0 Å². The summed E-state index contributed by atoms with van der Waals surface area (Å²) in [6.07, 6.45) is 4.21. The molecule has 0 aliphatic carbocycles. The molecule has 0 rings (SSSR count). The lowest BCUT2D eigenvalue weighted by atomic mass is 10.1. The van der Waals surface area contributed by atoms with Crippen LogP contribution < -0.4 is 0 Å². The fourth-order valence-corrected chi connectivity index (χ4v) is 0.750. The van der Waals surface area contributed by atoms with E-state index < -0.39 is 0 Å². The molecule has 0 aromatic heterocycles. The molecule has 0 aromatic carbocycles. The fraction of sp³-hybridized carbons (Fsp3) is 0.500. The second kappa shape index (κ2) is 4.89. The van der Waals surface area contributed by atoms with Crippen LogP contribution in [0.25, 0.3) is 0 Å². The van der Waals surface area contributed by atoms with Gasteiger partial charge in [-0.3, -0.25) is 4.79 Å². The summed E-state index contributed by atoms with van der Waals surface area (Å²) in [6.45, 7) is 7.79. The minimum Gasteiger partial charge on any atom is -0.295 e. The van der Waals surface area contributed by atoms with Crippen LogP contribution in [0.15, 0.2) is 23.3 Å². The van der Waals surface area contributed by atoms with Crippen molar-refractivity contribution in [1.29, 1.82) is 0 Å². The second-order valence-corrected chi connectivity index (χ2v) is 3.00. The van der Waals surface area contributed by atoms with Crippen molar-refractivity contribution in [3.63, 3.8) is 0 Å². The van der Waals surface area contributed by atoms with E-state index >= 15 is 0 Å². The lowest BCUT2D eigenvalue weighted by molar-refractivity contribution is -0.114. The zero-order chi connectivity index (χ0) is 8.85. The van der Waals surface area contributed by atoms with E-state index in [1.54, 1.807) is 6.08 Å². The Bertz CT molecular complexity index is 193. The molecule has 0 saturated carbocycles. The van der Waals surface area contributed by atoms with Gasteiger partial charge in [0.05, 0.1) is 0 Å². The van der Waals surface area contributed by atoms with Crippen molar-refractivity contribution in [2.24, 2.45) is 0 Å². The minimum atomic E-state index is 0.195. The van der Waals surface area contributed by atoms with Crippen molar-refractivity contribution in [3.8, 4) is 0 Å². The summed E-state index contributed by atoms with van der Waals surface area (Å²) >= 11 is 0. The largest absolute Gasteiger partial charge is 0.295 e. The molecule has 62 valence electrons. The molecule has 0 N–H and O–H groups in total. The summed E-state index contributed by atoms with van der Waals surface area (Å²) in [5.41, 5.74) is 2.20. The number of hydrogen-bond donors (Lipinski definition) is 0. The number of carbonyl (C=O) groups is 1. The van der Waals surface area contributed by atoms with E-state index in [2.05, 4.69) is 0 Å². The highest BCUT2D eigenvalue weighted by molar-refractivity contribution is 5.91. The van der Waals surface area contributed by atoms with Gasteiger partial charge in [-0.25, -0.2) is 0 Å². The molecule has 0 bridgehead atoms. The topological polar surface area (TPSA) is 17.1 Å². The van der Waals surface area contributed by atoms with Crippen LogP contribution in [-0.2, 0) is 4.79 Å². The maximum Gasteiger partial charge on any atom is 0.159 e. The van der Waals surface area contributed by atoms with Gasteiger partial charge in [-0.2, -0.15) is 0 Å². The summed E-state index contributed by atoms with van der Waals surface area (Å²) < 4.78 is 0. The normalized spacial score (nSPS) is 11.1. The maximum absolute atomic E-state index is 11.1. The quantitative estimate of drug-likeness (QED) is 0.449. The van der Waals surface area contributed by atoms with Crippen LogP contribution >= 0.6 is 0 Å². The monoisotopic (exact) mass is 152 g/mol. The van der Waals surface area contributed by atoms with Gasteiger partial charge in [-0.1, -0.05) is 17.2 Å². The summed E-state index contributed by atoms with van der Waals surface area (Å²) in [5, 5.41) is 0.